The number of carbonyl (C=O) groups is 1. The predicted molar refractivity (Wildman–Crippen MR) is 187 cm³/mol. The molecular formula is C39H46FN7O. The number of aromatic nitrogens is 4. The Hall–Kier alpha value is -3.85. The molecule has 1 N–H and O–H groups in total. The van der Waals surface area contributed by atoms with Gasteiger partial charge in [0.05, 0.1) is 34.8 Å². The van der Waals surface area contributed by atoms with Crippen LogP contribution in [0.1, 0.15) is 95.4 Å². The highest BCUT2D eigenvalue weighted by atomic mass is 19.1. The van der Waals surface area contributed by atoms with Crippen LogP contribution in [0.3, 0.4) is 0 Å². The van der Waals surface area contributed by atoms with Gasteiger partial charge in [0.1, 0.15) is 5.52 Å². The van der Waals surface area contributed by atoms with Gasteiger partial charge in [-0.3, -0.25) is 14.7 Å². The number of amides is 1. The molecule has 2 bridgehead atoms. The minimum absolute atomic E-state index is 0.143. The average molecular weight is 648 g/mol. The van der Waals surface area contributed by atoms with E-state index in [9.17, 15) is 9.18 Å². The summed E-state index contributed by atoms with van der Waals surface area (Å²) in [4.78, 5) is 33.6. The van der Waals surface area contributed by atoms with Gasteiger partial charge >= 0.3 is 0 Å². The van der Waals surface area contributed by atoms with Crippen molar-refractivity contribution < 1.29 is 9.18 Å². The van der Waals surface area contributed by atoms with E-state index < -0.39 is 11.2 Å². The first-order valence-corrected chi connectivity index (χ1v) is 18.3. The lowest BCUT2D eigenvalue weighted by molar-refractivity contribution is -0.125. The van der Waals surface area contributed by atoms with E-state index in [-0.39, 0.29) is 12.1 Å². The van der Waals surface area contributed by atoms with Crippen molar-refractivity contribution in [2.24, 2.45) is 11.8 Å². The number of imidazole rings is 1. The molecule has 1 aromatic carbocycles. The molecule has 4 fully saturated rings. The highest BCUT2D eigenvalue weighted by Gasteiger charge is 2.55. The van der Waals surface area contributed by atoms with E-state index >= 15 is 0 Å². The molecule has 2 unspecified atom stereocenters. The zero-order valence-electron chi connectivity index (χ0n) is 28.4. The molecule has 3 aromatic heterocycles. The molecule has 5 heterocycles. The number of halogens is 1. The van der Waals surface area contributed by atoms with E-state index in [4.69, 9.17) is 9.97 Å². The molecular weight excluding hydrogens is 601 g/mol. The van der Waals surface area contributed by atoms with Gasteiger partial charge in [-0.25, -0.2) is 14.4 Å². The average Bonchev–Trinajstić information content (AvgIpc) is 3.71. The van der Waals surface area contributed by atoms with Crippen LogP contribution < -0.4 is 10.2 Å². The highest BCUT2D eigenvalue weighted by molar-refractivity contribution is 6.09. The maximum atomic E-state index is 15.0. The van der Waals surface area contributed by atoms with Crippen LogP contribution in [0.25, 0.3) is 22.3 Å². The maximum absolute atomic E-state index is 15.0. The van der Waals surface area contributed by atoms with Gasteiger partial charge in [-0.05, 0) is 101 Å². The Morgan fingerprint density at radius 3 is 2.48 bits per heavy atom. The maximum Gasteiger partial charge on any atom is 0.237 e. The number of benzene rings is 1. The fraction of sp³-hybridized carbons (Fsp3) is 0.538. The van der Waals surface area contributed by atoms with Crippen molar-refractivity contribution in [2.45, 2.75) is 109 Å². The van der Waals surface area contributed by atoms with Gasteiger partial charge in [-0.2, -0.15) is 0 Å². The molecule has 4 aromatic rings. The quantitative estimate of drug-likeness (QED) is 0.228. The van der Waals surface area contributed by atoms with Crippen LogP contribution in [0.15, 0.2) is 42.9 Å². The smallest absolute Gasteiger partial charge is 0.237 e. The van der Waals surface area contributed by atoms with Crippen LogP contribution in [-0.2, 0) is 10.2 Å². The Balaban J connectivity index is 1.09. The minimum Gasteiger partial charge on any atom is -0.336 e. The lowest BCUT2D eigenvalue weighted by Gasteiger charge is -2.49. The number of piperidine rings is 1. The van der Waals surface area contributed by atoms with Crippen LogP contribution in [0.2, 0.25) is 0 Å². The number of nitrogens with zero attached hydrogens (tertiary/aromatic N) is 6. The lowest BCUT2D eigenvalue weighted by atomic mass is 9.70. The van der Waals surface area contributed by atoms with Crippen LogP contribution in [-0.4, -0.2) is 55.5 Å². The largest absolute Gasteiger partial charge is 0.336 e. The van der Waals surface area contributed by atoms with E-state index in [1.165, 1.54) is 50.5 Å². The second-order valence-corrected chi connectivity index (χ2v) is 15.7. The van der Waals surface area contributed by atoms with E-state index in [1.807, 2.05) is 19.3 Å². The zero-order valence-corrected chi connectivity index (χ0v) is 28.4. The monoisotopic (exact) mass is 647 g/mol. The molecule has 5 aliphatic rings. The molecule has 1 saturated heterocycles. The van der Waals surface area contributed by atoms with Crippen molar-refractivity contribution in [3.63, 3.8) is 0 Å². The van der Waals surface area contributed by atoms with Gasteiger partial charge in [0.2, 0.25) is 5.91 Å². The highest BCUT2D eigenvalue weighted by Crippen LogP contribution is 2.54. The first kappa shape index (κ1) is 30.2. The second-order valence-electron chi connectivity index (χ2n) is 15.7. The third-order valence-electron chi connectivity index (χ3n) is 12.4. The second kappa shape index (κ2) is 11.4. The Labute approximate surface area is 282 Å². The molecule has 9 rings (SSSR count). The summed E-state index contributed by atoms with van der Waals surface area (Å²) in [5, 5.41) is 3.29. The number of likely N-dealkylation sites (tertiary alicyclic amines) is 1. The van der Waals surface area contributed by atoms with E-state index in [1.54, 1.807) is 6.07 Å². The lowest BCUT2D eigenvalue weighted by Crippen LogP contribution is -2.58. The summed E-state index contributed by atoms with van der Waals surface area (Å²) >= 11 is 0. The zero-order chi connectivity index (χ0) is 32.7. The van der Waals surface area contributed by atoms with Gasteiger partial charge in [-0.1, -0.05) is 31.4 Å². The predicted octanol–water partition coefficient (Wildman–Crippen LogP) is 8.08. The minimum atomic E-state index is -0.433. The first-order valence-electron chi connectivity index (χ1n) is 18.3. The van der Waals surface area contributed by atoms with Crippen molar-refractivity contribution in [3.8, 4) is 11.3 Å². The van der Waals surface area contributed by atoms with E-state index in [0.717, 1.165) is 84.0 Å². The van der Waals surface area contributed by atoms with Crippen molar-refractivity contribution in [1.82, 2.24) is 24.4 Å². The number of carbonyl (C=O) groups excluding carboxylic acids is 1. The van der Waals surface area contributed by atoms with E-state index in [2.05, 4.69) is 56.7 Å². The topological polar surface area (TPSA) is 79.2 Å². The molecule has 2 atom stereocenters. The Bertz CT molecular complexity index is 1890. The molecule has 3 saturated carbocycles. The summed E-state index contributed by atoms with van der Waals surface area (Å²) in [7, 11) is 0. The SMILES string of the molecule is Cc1cc(Nc2nc(-c3ccc4c(c3)N(C3CC(N5CC6CCC(C6)C5)C3)C(=O)C43CCCCC3)cc3ncn(C(C)C)c23)c(F)cn1. The number of hydrogen-bond acceptors (Lipinski definition) is 6. The molecule has 1 amide bonds. The number of pyridine rings is 2. The van der Waals surface area contributed by atoms with Gasteiger partial charge < -0.3 is 14.8 Å². The molecule has 250 valence electrons. The van der Waals surface area contributed by atoms with Gasteiger partial charge in [0.25, 0.3) is 0 Å². The van der Waals surface area contributed by atoms with Gasteiger partial charge in [0.15, 0.2) is 11.6 Å². The fourth-order valence-electron chi connectivity index (χ4n) is 9.82. The van der Waals surface area contributed by atoms with Crippen molar-refractivity contribution in [3.05, 3.63) is 59.9 Å². The van der Waals surface area contributed by atoms with Crippen molar-refractivity contribution >= 4 is 34.1 Å². The van der Waals surface area contributed by atoms with Crippen molar-refractivity contribution in [1.29, 1.82) is 0 Å². The first-order chi connectivity index (χ1) is 23.3. The van der Waals surface area contributed by atoms with Crippen LogP contribution in [0.5, 0.6) is 0 Å². The number of aryl methyl sites for hydroxylation is 1. The summed E-state index contributed by atoms with van der Waals surface area (Å²) in [5.41, 5.74) is 6.22. The summed E-state index contributed by atoms with van der Waals surface area (Å²) in [6.45, 7) is 8.53. The van der Waals surface area contributed by atoms with Gasteiger partial charge in [0, 0.05) is 48.2 Å². The molecule has 8 nitrogen and oxygen atoms in total. The van der Waals surface area contributed by atoms with Crippen LogP contribution >= 0.6 is 0 Å². The third kappa shape index (κ3) is 4.78. The molecule has 3 aliphatic carbocycles. The van der Waals surface area contributed by atoms with Crippen LogP contribution in [0.4, 0.5) is 21.6 Å². The van der Waals surface area contributed by atoms with E-state index in [0.29, 0.717) is 23.5 Å². The number of nitrogens with one attached hydrogen (secondary N) is 1. The number of fused-ring (bicyclic) bond motifs is 5. The molecule has 0 radical (unpaired) electrons. The molecule has 1 spiro atoms. The normalized spacial score (nSPS) is 26.4. The Morgan fingerprint density at radius 2 is 1.73 bits per heavy atom. The molecule has 48 heavy (non-hydrogen) atoms. The van der Waals surface area contributed by atoms with Crippen molar-refractivity contribution in [2.75, 3.05) is 23.3 Å². The molecule has 2 aliphatic heterocycles. The molecule has 9 heteroatoms. The standard InChI is InChI=1S/C39H46FN7O/c1-23(2)46-22-42-34-18-32(43-37(36(34)46)44-33-13-24(3)41-19-31(33)40)27-9-10-30-35(15-27)47(38(48)39(30)11-5-4-6-12-39)29-16-28(17-29)45-20-25-7-8-26(14-25)21-45/h9-10,13,15,18-19,22-23,25-26,28-29H,4-8,11-12,14,16-17,20-21H2,1-3H3,(H,41,43,44). The third-order valence-corrected chi connectivity index (χ3v) is 12.4. The summed E-state index contributed by atoms with van der Waals surface area (Å²) < 4.78 is 17.0. The Morgan fingerprint density at radius 1 is 0.958 bits per heavy atom. The number of hydrogen-bond donors (Lipinski definition) is 1. The summed E-state index contributed by atoms with van der Waals surface area (Å²) in [5.74, 6) is 2.19. The summed E-state index contributed by atoms with van der Waals surface area (Å²) in [6.07, 6.45) is 14.7. The Kier molecular flexibility index (Phi) is 7.15. The van der Waals surface area contributed by atoms with Gasteiger partial charge in [-0.15, -0.1) is 0 Å². The fourth-order valence-corrected chi connectivity index (χ4v) is 9.82. The number of rotatable bonds is 6. The number of anilines is 3. The van der Waals surface area contributed by atoms with Crippen LogP contribution in [0, 0.1) is 24.6 Å². The summed E-state index contributed by atoms with van der Waals surface area (Å²) in [6, 6.07) is 11.3.